The lowest BCUT2D eigenvalue weighted by Gasteiger charge is -2.24. The van der Waals surface area contributed by atoms with Crippen LogP contribution in [-0.2, 0) is 0 Å². The molecule has 1 aromatic carbocycles. The van der Waals surface area contributed by atoms with E-state index < -0.39 is 0 Å². The summed E-state index contributed by atoms with van der Waals surface area (Å²) in [4.78, 5) is 5.20. The number of benzene rings is 1. The van der Waals surface area contributed by atoms with Gasteiger partial charge in [0.25, 0.3) is 0 Å². The fourth-order valence-electron chi connectivity index (χ4n) is 3.93. The number of nitriles is 2. The molecule has 1 fully saturated rings. The van der Waals surface area contributed by atoms with Crippen molar-refractivity contribution in [1.82, 2.24) is 9.38 Å². The Labute approximate surface area is 184 Å². The first-order valence-electron chi connectivity index (χ1n) is 9.59. The first-order valence-corrected chi connectivity index (χ1v) is 11.2. The van der Waals surface area contributed by atoms with Gasteiger partial charge in [0, 0.05) is 21.5 Å². The zero-order valence-corrected chi connectivity index (χ0v) is 18.1. The van der Waals surface area contributed by atoms with Gasteiger partial charge in [0.2, 0.25) is 0 Å². The van der Waals surface area contributed by atoms with Crippen molar-refractivity contribution in [1.29, 1.82) is 10.5 Å². The molecule has 1 aliphatic carbocycles. The monoisotopic (exact) mass is 437 g/mol. The van der Waals surface area contributed by atoms with Gasteiger partial charge in [-0.25, -0.2) is 4.98 Å². The van der Waals surface area contributed by atoms with Crippen molar-refractivity contribution < 1.29 is 4.74 Å². The molecule has 3 aromatic rings. The van der Waals surface area contributed by atoms with E-state index in [9.17, 15) is 10.5 Å². The van der Waals surface area contributed by atoms with Crippen LogP contribution in [0.4, 0.5) is 0 Å². The van der Waals surface area contributed by atoms with E-state index in [4.69, 9.17) is 22.1 Å². The molecular weight excluding hydrogens is 418 g/mol. The predicted molar refractivity (Wildman–Crippen MR) is 118 cm³/mol. The second-order valence-corrected chi connectivity index (χ2v) is 8.81. The Balaban J connectivity index is 1.82. The van der Waals surface area contributed by atoms with Gasteiger partial charge in [-0.3, -0.25) is 4.40 Å². The molecule has 2 aromatic heterocycles. The molecule has 1 saturated carbocycles. The van der Waals surface area contributed by atoms with Crippen LogP contribution < -0.4 is 10.5 Å². The van der Waals surface area contributed by atoms with Gasteiger partial charge in [-0.05, 0) is 37.3 Å². The molecule has 0 amide bonds. The fraction of sp³-hybridized carbons (Fsp3) is 0.318. The van der Waals surface area contributed by atoms with Crippen molar-refractivity contribution in [3.63, 3.8) is 0 Å². The van der Waals surface area contributed by atoms with Gasteiger partial charge >= 0.3 is 0 Å². The van der Waals surface area contributed by atoms with Crippen LogP contribution in [0.25, 0.3) is 16.9 Å². The summed E-state index contributed by atoms with van der Waals surface area (Å²) in [6, 6.07) is 11.5. The number of nitrogens with two attached hydrogens (primary N) is 1. The number of fused-ring (bicyclic) bond motifs is 1. The smallest absolute Gasteiger partial charge is 0.139 e. The first-order chi connectivity index (χ1) is 14.5. The largest absolute Gasteiger partial charge is 0.490 e. The lowest BCUT2D eigenvalue weighted by molar-refractivity contribution is 0.219. The molecule has 8 heteroatoms. The van der Waals surface area contributed by atoms with Crippen LogP contribution in [0.5, 0.6) is 5.75 Å². The van der Waals surface area contributed by atoms with Gasteiger partial charge in [0.1, 0.15) is 41.4 Å². The van der Waals surface area contributed by atoms with Crippen molar-refractivity contribution in [3.8, 4) is 29.1 Å². The van der Waals surface area contributed by atoms with Crippen molar-refractivity contribution in [3.05, 3.63) is 46.7 Å². The van der Waals surface area contributed by atoms with Gasteiger partial charge < -0.3 is 10.5 Å². The average molecular weight is 438 g/mol. The highest BCUT2D eigenvalue weighted by atomic mass is 35.5. The summed E-state index contributed by atoms with van der Waals surface area (Å²) in [5, 5.41) is 19.8. The topological polar surface area (TPSA) is 100 Å². The highest BCUT2D eigenvalue weighted by molar-refractivity contribution is 7.98. The molecule has 0 atom stereocenters. The highest BCUT2D eigenvalue weighted by Crippen LogP contribution is 2.37. The van der Waals surface area contributed by atoms with Gasteiger partial charge in [-0.2, -0.15) is 10.5 Å². The van der Waals surface area contributed by atoms with Crippen LogP contribution in [0.1, 0.15) is 36.9 Å². The minimum Gasteiger partial charge on any atom is -0.490 e. The molecule has 6 nitrogen and oxygen atoms in total. The van der Waals surface area contributed by atoms with Crippen LogP contribution in [0.15, 0.2) is 35.4 Å². The minimum absolute atomic E-state index is 0.351. The fourth-order valence-corrected chi connectivity index (χ4v) is 4.73. The van der Waals surface area contributed by atoms with Crippen LogP contribution in [0.2, 0.25) is 5.02 Å². The van der Waals surface area contributed by atoms with E-state index in [-0.39, 0.29) is 5.54 Å². The van der Waals surface area contributed by atoms with E-state index in [0.717, 1.165) is 41.8 Å². The van der Waals surface area contributed by atoms with Crippen LogP contribution in [0.3, 0.4) is 0 Å². The Bertz CT molecular complexity index is 1200. The van der Waals surface area contributed by atoms with Gasteiger partial charge in [-0.1, -0.05) is 24.4 Å². The van der Waals surface area contributed by atoms with Gasteiger partial charge in [0.15, 0.2) is 0 Å². The number of rotatable bonds is 5. The lowest BCUT2D eigenvalue weighted by atomic mass is 10.0. The third-order valence-corrected chi connectivity index (χ3v) is 6.47. The number of pyridine rings is 1. The number of nitrogens with zero attached hydrogens (tertiary/aromatic N) is 4. The van der Waals surface area contributed by atoms with Gasteiger partial charge in [0.05, 0.1) is 17.4 Å². The standard InChI is InChI=1S/C22H20ClN5OS/c1-30-20-7-14(18-12-27-21-9-15(23)8-16(10-24)28(18)21)6-19(17(20)11-25)29-13-22(26)4-2-3-5-22/h6-9,12H,2-5,13,26H2,1H3. The summed E-state index contributed by atoms with van der Waals surface area (Å²) >= 11 is 7.58. The lowest BCUT2D eigenvalue weighted by Crippen LogP contribution is -2.42. The van der Waals surface area contributed by atoms with E-state index in [2.05, 4.69) is 17.1 Å². The third kappa shape index (κ3) is 3.73. The molecule has 152 valence electrons. The molecule has 0 aliphatic heterocycles. The van der Waals surface area contributed by atoms with Crippen molar-refractivity contribution in [2.75, 3.05) is 12.9 Å². The summed E-state index contributed by atoms with van der Waals surface area (Å²) in [6.07, 6.45) is 7.65. The molecule has 2 heterocycles. The molecule has 0 radical (unpaired) electrons. The quantitative estimate of drug-likeness (QED) is 0.577. The average Bonchev–Trinajstić information content (AvgIpc) is 3.37. The number of hydrogen-bond donors (Lipinski definition) is 1. The maximum absolute atomic E-state index is 9.74. The van der Waals surface area contributed by atoms with Crippen molar-refractivity contribution >= 4 is 29.0 Å². The van der Waals surface area contributed by atoms with E-state index in [1.807, 2.05) is 18.4 Å². The number of ether oxygens (including phenoxy) is 1. The van der Waals surface area contributed by atoms with Gasteiger partial charge in [-0.15, -0.1) is 11.8 Å². The van der Waals surface area contributed by atoms with Crippen LogP contribution >= 0.6 is 23.4 Å². The molecule has 1 aliphatic rings. The second kappa shape index (κ2) is 8.20. The maximum Gasteiger partial charge on any atom is 0.139 e. The Morgan fingerprint density at radius 1 is 1.23 bits per heavy atom. The number of halogens is 1. The number of aromatic nitrogens is 2. The summed E-state index contributed by atoms with van der Waals surface area (Å²) in [5.41, 5.74) is 9.09. The number of hydrogen-bond acceptors (Lipinski definition) is 6. The summed E-state index contributed by atoms with van der Waals surface area (Å²) in [7, 11) is 0. The maximum atomic E-state index is 9.74. The summed E-state index contributed by atoms with van der Waals surface area (Å²) in [5.74, 6) is 0.499. The Morgan fingerprint density at radius 2 is 2.00 bits per heavy atom. The predicted octanol–water partition coefficient (Wildman–Crippen LogP) is 4.77. The molecule has 30 heavy (non-hydrogen) atoms. The molecule has 0 spiro atoms. The zero-order valence-electron chi connectivity index (χ0n) is 16.5. The first kappa shape index (κ1) is 20.6. The molecule has 0 bridgehead atoms. The van der Waals surface area contributed by atoms with E-state index in [0.29, 0.717) is 34.3 Å². The normalized spacial score (nSPS) is 15.1. The highest BCUT2D eigenvalue weighted by Gasteiger charge is 2.30. The van der Waals surface area contributed by atoms with E-state index in [1.54, 1.807) is 22.7 Å². The van der Waals surface area contributed by atoms with E-state index >= 15 is 0 Å². The molecular formula is C22H20ClN5OS. The summed E-state index contributed by atoms with van der Waals surface area (Å²) < 4.78 is 7.86. The van der Waals surface area contributed by atoms with Crippen LogP contribution in [-0.4, -0.2) is 27.8 Å². The zero-order chi connectivity index (χ0) is 21.3. The number of imidazole rings is 1. The SMILES string of the molecule is CSc1cc(-c2cnc3cc(Cl)cc(C#N)n23)cc(OCC2(N)CCCC2)c1C#N. The third-order valence-electron chi connectivity index (χ3n) is 5.49. The molecule has 4 rings (SSSR count). The molecule has 2 N–H and O–H groups in total. The Hall–Kier alpha value is -2.71. The van der Waals surface area contributed by atoms with Crippen molar-refractivity contribution in [2.45, 2.75) is 36.1 Å². The molecule has 0 unspecified atom stereocenters. The van der Waals surface area contributed by atoms with Crippen LogP contribution in [0, 0.1) is 22.7 Å². The Kier molecular flexibility index (Phi) is 5.62. The second-order valence-electron chi connectivity index (χ2n) is 7.53. The summed E-state index contributed by atoms with van der Waals surface area (Å²) in [6.45, 7) is 0.366. The minimum atomic E-state index is -0.351. The van der Waals surface area contributed by atoms with Crippen molar-refractivity contribution in [2.24, 2.45) is 5.73 Å². The Morgan fingerprint density at radius 3 is 2.67 bits per heavy atom. The molecule has 0 saturated heterocycles. The van der Waals surface area contributed by atoms with E-state index in [1.165, 1.54) is 11.8 Å². The number of thioether (sulfide) groups is 1.